The molecule has 0 amide bonds. The fourth-order valence-electron chi connectivity index (χ4n) is 0.397. The van der Waals surface area contributed by atoms with Crippen LogP contribution in [0.5, 0.6) is 0 Å². The summed E-state index contributed by atoms with van der Waals surface area (Å²) in [7, 11) is -3.57. The zero-order valence-electron chi connectivity index (χ0n) is 6.60. The normalized spacial score (nSPS) is 10.2. The van der Waals surface area contributed by atoms with Crippen molar-refractivity contribution >= 4 is 7.60 Å². The van der Waals surface area contributed by atoms with E-state index in [4.69, 9.17) is 5.26 Å². The Hall–Kier alpha value is -0.880. The Morgan fingerprint density at radius 2 is 1.75 bits per heavy atom. The highest BCUT2D eigenvalue weighted by atomic mass is 31.2. The fraction of sp³-hybridized carbons (Fsp3) is 0.286. The Balaban J connectivity index is 4.07. The number of hydrogen-bond donors (Lipinski definition) is 0. The summed E-state index contributed by atoms with van der Waals surface area (Å²) in [6.45, 7) is 6.75. The lowest BCUT2D eigenvalue weighted by molar-refractivity contribution is 0.247. The van der Waals surface area contributed by atoms with Gasteiger partial charge in [-0.1, -0.05) is 12.2 Å². The first-order valence-electron chi connectivity index (χ1n) is 3.21. The van der Waals surface area contributed by atoms with Gasteiger partial charge in [-0.05, 0) is 0 Å². The van der Waals surface area contributed by atoms with E-state index in [2.05, 4.69) is 22.2 Å². The molecule has 5 heteroatoms. The third-order valence-corrected chi connectivity index (χ3v) is 2.07. The molecule has 4 nitrogen and oxygen atoms in total. The van der Waals surface area contributed by atoms with Gasteiger partial charge in [-0.2, -0.15) is 5.26 Å². The molecule has 0 spiro atoms. The van der Waals surface area contributed by atoms with Crippen LogP contribution in [0.1, 0.15) is 0 Å². The molecule has 0 heterocycles. The number of hydrogen-bond acceptors (Lipinski definition) is 4. The van der Waals surface area contributed by atoms with Crippen LogP contribution in [0.25, 0.3) is 0 Å². The molecule has 0 aromatic rings. The van der Waals surface area contributed by atoms with Gasteiger partial charge in [0.05, 0.1) is 13.2 Å². The SMILES string of the molecule is C=CCOP(=O)(C#N)OCC=C. The highest BCUT2D eigenvalue weighted by molar-refractivity contribution is 7.59. The molecule has 0 aliphatic heterocycles. The van der Waals surface area contributed by atoms with Crippen LogP contribution in [0.4, 0.5) is 0 Å². The van der Waals surface area contributed by atoms with Gasteiger partial charge in [0.2, 0.25) is 0 Å². The zero-order chi connectivity index (χ0) is 9.45. The maximum Gasteiger partial charge on any atom is 0.432 e. The maximum absolute atomic E-state index is 11.2. The van der Waals surface area contributed by atoms with Crippen LogP contribution >= 0.6 is 7.60 Å². The molecule has 0 fully saturated rings. The molecule has 0 bridgehead atoms. The molecule has 0 aliphatic rings. The van der Waals surface area contributed by atoms with Crippen LogP contribution < -0.4 is 0 Å². The van der Waals surface area contributed by atoms with Crippen molar-refractivity contribution in [2.75, 3.05) is 13.2 Å². The largest absolute Gasteiger partial charge is 0.432 e. The Kier molecular flexibility index (Phi) is 5.31. The van der Waals surface area contributed by atoms with Gasteiger partial charge >= 0.3 is 7.60 Å². The Morgan fingerprint density at radius 1 is 1.33 bits per heavy atom. The van der Waals surface area contributed by atoms with E-state index in [1.807, 2.05) is 0 Å². The van der Waals surface area contributed by atoms with E-state index >= 15 is 0 Å². The lowest BCUT2D eigenvalue weighted by Gasteiger charge is -2.07. The second-order valence-corrected chi connectivity index (χ2v) is 3.48. The van der Waals surface area contributed by atoms with Gasteiger partial charge in [0.25, 0.3) is 0 Å². The molecule has 0 N–H and O–H groups in total. The molecular formula is C7H10NO3P. The molecule has 0 atom stereocenters. The van der Waals surface area contributed by atoms with E-state index in [0.717, 1.165) is 0 Å². The molecule has 0 aromatic carbocycles. The van der Waals surface area contributed by atoms with Crippen molar-refractivity contribution in [2.24, 2.45) is 0 Å². The second kappa shape index (κ2) is 5.73. The van der Waals surface area contributed by atoms with Crippen LogP contribution in [-0.4, -0.2) is 13.2 Å². The number of rotatable bonds is 6. The molecule has 66 valence electrons. The van der Waals surface area contributed by atoms with Gasteiger partial charge in [-0.25, -0.2) is 4.57 Å². The molecule has 0 saturated heterocycles. The van der Waals surface area contributed by atoms with E-state index < -0.39 is 7.60 Å². The lowest BCUT2D eigenvalue weighted by atomic mass is 10.7. The monoisotopic (exact) mass is 187 g/mol. The first-order chi connectivity index (χ1) is 5.68. The summed E-state index contributed by atoms with van der Waals surface area (Å²) in [5.74, 6) is 1.46. The van der Waals surface area contributed by atoms with E-state index in [1.165, 1.54) is 18.0 Å². The van der Waals surface area contributed by atoms with Crippen LogP contribution in [0.15, 0.2) is 25.3 Å². The van der Waals surface area contributed by atoms with Crippen molar-refractivity contribution in [2.45, 2.75) is 0 Å². The fourth-order valence-corrected chi connectivity index (χ4v) is 1.19. The van der Waals surface area contributed by atoms with Crippen molar-refractivity contribution in [1.82, 2.24) is 0 Å². The molecule has 0 saturated carbocycles. The van der Waals surface area contributed by atoms with Crippen molar-refractivity contribution in [3.05, 3.63) is 25.3 Å². The Labute approximate surface area is 71.6 Å². The van der Waals surface area contributed by atoms with E-state index in [9.17, 15) is 4.57 Å². The van der Waals surface area contributed by atoms with E-state index in [1.54, 1.807) is 0 Å². The summed E-state index contributed by atoms with van der Waals surface area (Å²) in [6, 6.07) is 0. The molecule has 0 rings (SSSR count). The van der Waals surface area contributed by atoms with E-state index in [0.29, 0.717) is 0 Å². The van der Waals surface area contributed by atoms with Gasteiger partial charge in [0, 0.05) is 0 Å². The molecule has 0 unspecified atom stereocenters. The van der Waals surface area contributed by atoms with Crippen molar-refractivity contribution < 1.29 is 13.6 Å². The minimum atomic E-state index is -3.57. The van der Waals surface area contributed by atoms with Gasteiger partial charge in [-0.15, -0.1) is 13.2 Å². The van der Waals surface area contributed by atoms with Gasteiger partial charge in [0.1, 0.15) is 0 Å². The topological polar surface area (TPSA) is 59.3 Å². The standard InChI is InChI=1S/C7H10NO3P/c1-3-5-10-12(9,7-8)11-6-4-2/h3-4H,1-2,5-6H2. The van der Waals surface area contributed by atoms with Gasteiger partial charge in [0.15, 0.2) is 5.81 Å². The maximum atomic E-state index is 11.2. The minimum Gasteiger partial charge on any atom is -0.294 e. The van der Waals surface area contributed by atoms with Gasteiger partial charge < -0.3 is 0 Å². The Morgan fingerprint density at radius 3 is 2.00 bits per heavy atom. The molecule has 0 aromatic heterocycles. The Bertz CT molecular complexity index is 228. The predicted molar refractivity (Wildman–Crippen MR) is 45.5 cm³/mol. The van der Waals surface area contributed by atoms with Gasteiger partial charge in [-0.3, -0.25) is 9.05 Å². The zero-order valence-corrected chi connectivity index (χ0v) is 7.50. The lowest BCUT2D eigenvalue weighted by Crippen LogP contribution is -1.93. The predicted octanol–water partition coefficient (Wildman–Crippen LogP) is 2.07. The highest BCUT2D eigenvalue weighted by Crippen LogP contribution is 2.46. The third-order valence-electron chi connectivity index (χ3n) is 0.847. The third kappa shape index (κ3) is 4.09. The highest BCUT2D eigenvalue weighted by Gasteiger charge is 2.22. The van der Waals surface area contributed by atoms with Crippen LogP contribution in [0.2, 0.25) is 0 Å². The smallest absolute Gasteiger partial charge is 0.294 e. The molecule has 12 heavy (non-hydrogen) atoms. The molecular weight excluding hydrogens is 177 g/mol. The summed E-state index contributed by atoms with van der Waals surface area (Å²) < 4.78 is 20.5. The number of nitrogens with zero attached hydrogens (tertiary/aromatic N) is 1. The average Bonchev–Trinajstić information content (AvgIpc) is 2.11. The molecule has 0 aliphatic carbocycles. The van der Waals surface area contributed by atoms with Crippen molar-refractivity contribution in [1.29, 1.82) is 5.26 Å². The summed E-state index contributed by atoms with van der Waals surface area (Å²) >= 11 is 0. The summed E-state index contributed by atoms with van der Waals surface area (Å²) in [4.78, 5) is 0. The first kappa shape index (κ1) is 11.1. The summed E-state index contributed by atoms with van der Waals surface area (Å²) in [5.41, 5.74) is 0. The van der Waals surface area contributed by atoms with Crippen LogP contribution in [0, 0.1) is 11.1 Å². The summed E-state index contributed by atoms with van der Waals surface area (Å²) in [6.07, 6.45) is 2.78. The van der Waals surface area contributed by atoms with Crippen LogP contribution in [-0.2, 0) is 13.6 Å². The number of nitriles is 1. The molecule has 0 radical (unpaired) electrons. The first-order valence-corrected chi connectivity index (χ1v) is 4.75. The second-order valence-electron chi connectivity index (χ2n) is 1.77. The minimum absolute atomic E-state index is 0.0297. The van der Waals surface area contributed by atoms with Crippen LogP contribution in [0.3, 0.4) is 0 Å². The van der Waals surface area contributed by atoms with E-state index in [-0.39, 0.29) is 13.2 Å². The van der Waals surface area contributed by atoms with Crippen molar-refractivity contribution in [3.8, 4) is 5.81 Å². The quantitative estimate of drug-likeness (QED) is 0.471. The summed E-state index contributed by atoms with van der Waals surface area (Å²) in [5, 5.41) is 8.41. The average molecular weight is 187 g/mol. The van der Waals surface area contributed by atoms with Crippen molar-refractivity contribution in [3.63, 3.8) is 0 Å².